The number of hydrogen-bond acceptors (Lipinski definition) is 8. The number of ether oxygens (including phenoxy) is 3. The van der Waals surface area contributed by atoms with E-state index in [1.165, 1.54) is 32.2 Å². The highest BCUT2D eigenvalue weighted by molar-refractivity contribution is 5.70. The van der Waals surface area contributed by atoms with Gasteiger partial charge in [0, 0.05) is 29.7 Å². The van der Waals surface area contributed by atoms with Crippen molar-refractivity contribution in [2.45, 2.75) is 71.8 Å². The van der Waals surface area contributed by atoms with Crippen LogP contribution in [0.25, 0.3) is 11.1 Å². The minimum atomic E-state index is -4.99. The van der Waals surface area contributed by atoms with Crippen LogP contribution in [0.2, 0.25) is 0 Å². The van der Waals surface area contributed by atoms with Gasteiger partial charge in [0.2, 0.25) is 0 Å². The van der Waals surface area contributed by atoms with Gasteiger partial charge in [-0.05, 0) is 70.5 Å². The van der Waals surface area contributed by atoms with Crippen molar-refractivity contribution in [1.82, 2.24) is 14.0 Å². The molecule has 296 valence electrons. The molecule has 0 amide bonds. The van der Waals surface area contributed by atoms with Crippen LogP contribution in [0.1, 0.15) is 68.0 Å². The van der Waals surface area contributed by atoms with E-state index >= 15 is 8.78 Å². The zero-order chi connectivity index (χ0) is 40.3. The quantitative estimate of drug-likeness (QED) is 0.0781. The van der Waals surface area contributed by atoms with Gasteiger partial charge in [0.15, 0.2) is 11.6 Å². The molecule has 0 aliphatic rings. The number of alkyl halides is 3. The standard InChI is InChI=1S/C40H44F5N3O7/c1-5-54-34(49)20-12-22-46(23-13-21-35(50)55-6-2)32(27-14-8-7-9-15-27)25-48-38(51)36(28-16-10-19-33(53-4)37(28)42)26(3)47(39(48)52)24-29-30(40(43,44)45)17-11-18-31(29)41/h7-11,14-19,32H,5-6,12-13,20-25H2,1-4H3/t32-/m0/s1. The Kier molecular flexibility index (Phi) is 14.9. The van der Waals surface area contributed by atoms with Crippen LogP contribution in [0.4, 0.5) is 22.0 Å². The lowest BCUT2D eigenvalue weighted by Crippen LogP contribution is -2.46. The normalized spacial score (nSPS) is 12.1. The molecule has 0 spiro atoms. The average Bonchev–Trinajstić information content (AvgIpc) is 3.14. The van der Waals surface area contributed by atoms with Gasteiger partial charge in [-0.2, -0.15) is 13.2 Å². The molecule has 0 aliphatic heterocycles. The molecule has 0 saturated carbocycles. The highest BCUT2D eigenvalue weighted by Gasteiger charge is 2.35. The summed E-state index contributed by atoms with van der Waals surface area (Å²) in [5.74, 6) is -3.28. The van der Waals surface area contributed by atoms with E-state index in [0.717, 1.165) is 21.3 Å². The van der Waals surface area contributed by atoms with Gasteiger partial charge < -0.3 is 14.2 Å². The number of rotatable bonds is 18. The molecule has 4 aromatic rings. The van der Waals surface area contributed by atoms with Gasteiger partial charge in [-0.3, -0.25) is 28.4 Å². The Balaban J connectivity index is 1.96. The van der Waals surface area contributed by atoms with E-state index in [-0.39, 0.29) is 61.7 Å². The van der Waals surface area contributed by atoms with Crippen LogP contribution in [0, 0.1) is 18.6 Å². The molecule has 0 radical (unpaired) electrons. The van der Waals surface area contributed by atoms with Crippen LogP contribution in [-0.2, 0) is 38.3 Å². The number of halogens is 5. The van der Waals surface area contributed by atoms with Crippen molar-refractivity contribution in [1.29, 1.82) is 0 Å². The van der Waals surface area contributed by atoms with Gasteiger partial charge in [0.1, 0.15) is 5.82 Å². The van der Waals surface area contributed by atoms with Crippen molar-refractivity contribution in [2.24, 2.45) is 0 Å². The Hall–Kier alpha value is -5.31. The lowest BCUT2D eigenvalue weighted by Gasteiger charge is -2.33. The summed E-state index contributed by atoms with van der Waals surface area (Å²) in [6.45, 7) is 4.14. The molecule has 0 N–H and O–H groups in total. The van der Waals surface area contributed by atoms with Crippen LogP contribution in [0.15, 0.2) is 76.3 Å². The maximum Gasteiger partial charge on any atom is 0.416 e. The number of hydrogen-bond donors (Lipinski definition) is 0. The third-order valence-electron chi connectivity index (χ3n) is 9.12. The Morgan fingerprint density at radius 3 is 1.98 bits per heavy atom. The summed E-state index contributed by atoms with van der Waals surface area (Å²) < 4.78 is 90.6. The van der Waals surface area contributed by atoms with E-state index in [2.05, 4.69) is 0 Å². The fourth-order valence-corrected chi connectivity index (χ4v) is 6.49. The summed E-state index contributed by atoms with van der Waals surface area (Å²) in [7, 11) is 1.22. The smallest absolute Gasteiger partial charge is 0.416 e. The minimum Gasteiger partial charge on any atom is -0.494 e. The second-order valence-corrected chi connectivity index (χ2v) is 12.6. The number of carbonyl (C=O) groups is 2. The zero-order valence-corrected chi connectivity index (χ0v) is 31.1. The van der Waals surface area contributed by atoms with Crippen molar-refractivity contribution >= 4 is 11.9 Å². The topological polar surface area (TPSA) is 109 Å². The summed E-state index contributed by atoms with van der Waals surface area (Å²) in [5.41, 5.74) is -4.39. The molecule has 10 nitrogen and oxygen atoms in total. The molecule has 55 heavy (non-hydrogen) atoms. The third-order valence-corrected chi connectivity index (χ3v) is 9.12. The van der Waals surface area contributed by atoms with Gasteiger partial charge in [-0.15, -0.1) is 0 Å². The van der Waals surface area contributed by atoms with E-state index in [0.29, 0.717) is 24.5 Å². The largest absolute Gasteiger partial charge is 0.494 e. The average molecular weight is 774 g/mol. The molecule has 15 heteroatoms. The van der Waals surface area contributed by atoms with E-state index in [9.17, 15) is 32.3 Å². The van der Waals surface area contributed by atoms with Crippen LogP contribution in [-0.4, -0.2) is 59.4 Å². The summed E-state index contributed by atoms with van der Waals surface area (Å²) in [4.78, 5) is 55.4. The van der Waals surface area contributed by atoms with Crippen LogP contribution in [0.3, 0.4) is 0 Å². The van der Waals surface area contributed by atoms with E-state index < -0.39 is 71.3 Å². The number of esters is 2. The second kappa shape index (κ2) is 19.3. The first-order chi connectivity index (χ1) is 26.2. The van der Waals surface area contributed by atoms with Crippen molar-refractivity contribution in [3.05, 3.63) is 122 Å². The highest BCUT2D eigenvalue weighted by Crippen LogP contribution is 2.34. The minimum absolute atomic E-state index is 0.0461. The number of aromatic nitrogens is 2. The molecule has 1 atom stereocenters. The van der Waals surface area contributed by atoms with E-state index in [1.54, 1.807) is 44.2 Å². The van der Waals surface area contributed by atoms with Gasteiger partial charge in [0.05, 0.1) is 50.6 Å². The van der Waals surface area contributed by atoms with Gasteiger partial charge in [-0.25, -0.2) is 13.6 Å². The summed E-state index contributed by atoms with van der Waals surface area (Å²) >= 11 is 0. The number of benzene rings is 3. The lowest BCUT2D eigenvalue weighted by molar-refractivity contribution is -0.144. The molecule has 1 aromatic heterocycles. The molecule has 0 fully saturated rings. The van der Waals surface area contributed by atoms with Crippen molar-refractivity contribution < 1.29 is 45.8 Å². The molecule has 4 rings (SSSR count). The number of carbonyl (C=O) groups excluding carboxylic acids is 2. The molecule has 1 heterocycles. The fraction of sp³-hybridized carbons (Fsp3) is 0.400. The number of methoxy groups -OCH3 is 1. The highest BCUT2D eigenvalue weighted by atomic mass is 19.4. The van der Waals surface area contributed by atoms with Crippen LogP contribution in [0.5, 0.6) is 5.75 Å². The van der Waals surface area contributed by atoms with Gasteiger partial charge in [-0.1, -0.05) is 48.5 Å². The Morgan fingerprint density at radius 2 is 1.42 bits per heavy atom. The van der Waals surface area contributed by atoms with Crippen molar-refractivity contribution in [3.8, 4) is 16.9 Å². The molecular formula is C40H44F5N3O7. The van der Waals surface area contributed by atoms with E-state index in [1.807, 2.05) is 4.90 Å². The Morgan fingerprint density at radius 1 is 0.818 bits per heavy atom. The molecule has 0 bridgehead atoms. The zero-order valence-electron chi connectivity index (χ0n) is 31.1. The maximum atomic E-state index is 15.9. The SMILES string of the molecule is CCOC(=O)CCCN(CCCC(=O)OCC)[C@@H](Cn1c(=O)c(-c2cccc(OC)c2F)c(C)n(Cc2c(F)cccc2C(F)(F)F)c1=O)c1ccccc1. The number of nitrogens with zero attached hydrogens (tertiary/aromatic N) is 3. The van der Waals surface area contributed by atoms with Crippen molar-refractivity contribution in [2.75, 3.05) is 33.4 Å². The predicted octanol–water partition coefficient (Wildman–Crippen LogP) is 7.07. The predicted molar refractivity (Wildman–Crippen MR) is 195 cm³/mol. The van der Waals surface area contributed by atoms with Crippen LogP contribution < -0.4 is 16.0 Å². The summed E-state index contributed by atoms with van der Waals surface area (Å²) in [6, 6.07) is 14.4. The Bertz CT molecular complexity index is 2040. The monoisotopic (exact) mass is 773 g/mol. The second-order valence-electron chi connectivity index (χ2n) is 12.6. The fourth-order valence-electron chi connectivity index (χ4n) is 6.49. The van der Waals surface area contributed by atoms with Crippen LogP contribution >= 0.6 is 0 Å². The van der Waals surface area contributed by atoms with Gasteiger partial charge in [0.25, 0.3) is 5.56 Å². The first-order valence-corrected chi connectivity index (χ1v) is 17.8. The molecule has 3 aromatic carbocycles. The first kappa shape index (κ1) is 42.4. The molecular weight excluding hydrogens is 729 g/mol. The third kappa shape index (κ3) is 10.5. The Labute approximate surface area is 315 Å². The van der Waals surface area contributed by atoms with Crippen molar-refractivity contribution in [3.63, 3.8) is 0 Å². The maximum absolute atomic E-state index is 15.9. The first-order valence-electron chi connectivity index (χ1n) is 17.8. The molecule has 0 aliphatic carbocycles. The molecule has 0 unspecified atom stereocenters. The van der Waals surface area contributed by atoms with Gasteiger partial charge >= 0.3 is 23.8 Å². The van der Waals surface area contributed by atoms with E-state index in [4.69, 9.17) is 14.2 Å². The molecule has 0 saturated heterocycles. The summed E-state index contributed by atoms with van der Waals surface area (Å²) in [5, 5.41) is 0. The lowest BCUT2D eigenvalue weighted by atomic mass is 10.0. The summed E-state index contributed by atoms with van der Waals surface area (Å²) in [6.07, 6.45) is -4.31.